The zero-order chi connectivity index (χ0) is 20.7. The van der Waals surface area contributed by atoms with Crippen molar-refractivity contribution in [1.82, 2.24) is 5.32 Å². The third-order valence-corrected chi connectivity index (χ3v) is 5.46. The molecule has 0 fully saturated rings. The van der Waals surface area contributed by atoms with Gasteiger partial charge in [-0.15, -0.1) is 0 Å². The predicted octanol–water partition coefficient (Wildman–Crippen LogP) is 2.70. The van der Waals surface area contributed by atoms with Crippen molar-refractivity contribution in [2.75, 3.05) is 30.8 Å². The van der Waals surface area contributed by atoms with Gasteiger partial charge in [0.05, 0.1) is 30.6 Å². The first-order valence-electron chi connectivity index (χ1n) is 8.52. The van der Waals surface area contributed by atoms with E-state index >= 15 is 0 Å². The maximum Gasteiger partial charge on any atom is 0.243 e. The molecule has 28 heavy (non-hydrogen) atoms. The summed E-state index contributed by atoms with van der Waals surface area (Å²) in [5.41, 5.74) is 0.373. The van der Waals surface area contributed by atoms with Crippen molar-refractivity contribution in [2.24, 2.45) is 0 Å². The number of sulfonamides is 1. The maximum absolute atomic E-state index is 12.5. The van der Waals surface area contributed by atoms with Gasteiger partial charge in [0, 0.05) is 0 Å². The molecule has 0 bridgehead atoms. The largest absolute Gasteiger partial charge is 0.497 e. The van der Waals surface area contributed by atoms with E-state index in [0.29, 0.717) is 22.2 Å². The van der Waals surface area contributed by atoms with Crippen LogP contribution in [0.3, 0.4) is 0 Å². The minimum atomic E-state index is -3.68. The second-order valence-corrected chi connectivity index (χ2v) is 8.27. The number of nitrogens with one attached hydrogen (secondary N) is 1. The van der Waals surface area contributed by atoms with Gasteiger partial charge in [0.15, 0.2) is 0 Å². The lowest BCUT2D eigenvalue weighted by molar-refractivity contribution is -0.121. The SMILES string of the molecule is COc1ccc(N([C@@H](C)C(=O)NCCOc2ccccc2Cl)S(C)(=O)=O)cc1. The van der Waals surface area contributed by atoms with Gasteiger partial charge in [0.1, 0.15) is 24.1 Å². The lowest BCUT2D eigenvalue weighted by Gasteiger charge is -2.28. The number of amides is 1. The highest BCUT2D eigenvalue weighted by atomic mass is 35.5. The first kappa shape index (κ1) is 21.8. The third-order valence-electron chi connectivity index (χ3n) is 3.91. The number of anilines is 1. The summed E-state index contributed by atoms with van der Waals surface area (Å²) in [6.07, 6.45) is 1.06. The topological polar surface area (TPSA) is 84.9 Å². The molecule has 1 N–H and O–H groups in total. The second kappa shape index (κ2) is 9.66. The zero-order valence-electron chi connectivity index (χ0n) is 15.9. The molecule has 2 rings (SSSR count). The van der Waals surface area contributed by atoms with Crippen LogP contribution in [0, 0.1) is 0 Å². The van der Waals surface area contributed by atoms with E-state index in [1.54, 1.807) is 48.5 Å². The third kappa shape index (κ3) is 5.77. The van der Waals surface area contributed by atoms with Crippen molar-refractivity contribution in [1.29, 1.82) is 0 Å². The van der Waals surface area contributed by atoms with E-state index in [0.717, 1.165) is 10.6 Å². The van der Waals surface area contributed by atoms with Crippen LogP contribution in [-0.4, -0.2) is 46.9 Å². The van der Waals surface area contributed by atoms with Crippen molar-refractivity contribution in [3.63, 3.8) is 0 Å². The highest BCUT2D eigenvalue weighted by Crippen LogP contribution is 2.24. The molecule has 1 amide bonds. The smallest absolute Gasteiger partial charge is 0.243 e. The summed E-state index contributed by atoms with van der Waals surface area (Å²) in [6.45, 7) is 1.92. The Morgan fingerprint density at radius 3 is 2.39 bits per heavy atom. The highest BCUT2D eigenvalue weighted by molar-refractivity contribution is 7.92. The Morgan fingerprint density at radius 2 is 1.82 bits per heavy atom. The molecule has 0 aliphatic carbocycles. The van der Waals surface area contributed by atoms with Crippen LogP contribution < -0.4 is 19.1 Å². The average Bonchev–Trinajstić information content (AvgIpc) is 2.66. The summed E-state index contributed by atoms with van der Waals surface area (Å²) in [5, 5.41) is 3.16. The molecule has 2 aromatic rings. The van der Waals surface area contributed by atoms with E-state index < -0.39 is 22.0 Å². The van der Waals surface area contributed by atoms with Gasteiger partial charge in [-0.3, -0.25) is 9.10 Å². The molecule has 0 saturated carbocycles. The molecule has 0 spiro atoms. The van der Waals surface area contributed by atoms with Crippen LogP contribution >= 0.6 is 11.6 Å². The van der Waals surface area contributed by atoms with Crippen molar-refractivity contribution in [2.45, 2.75) is 13.0 Å². The molecule has 0 radical (unpaired) electrons. The molecular weight excluding hydrogens is 404 g/mol. The van der Waals surface area contributed by atoms with Gasteiger partial charge in [-0.1, -0.05) is 23.7 Å². The number of halogens is 1. The lowest BCUT2D eigenvalue weighted by atomic mass is 10.2. The number of nitrogens with zero attached hydrogens (tertiary/aromatic N) is 1. The van der Waals surface area contributed by atoms with Gasteiger partial charge in [-0.05, 0) is 43.3 Å². The maximum atomic E-state index is 12.5. The van der Waals surface area contributed by atoms with E-state index in [2.05, 4.69) is 5.32 Å². The van der Waals surface area contributed by atoms with Gasteiger partial charge in [0.25, 0.3) is 0 Å². The molecule has 152 valence electrons. The van der Waals surface area contributed by atoms with E-state index in [1.807, 2.05) is 0 Å². The Bertz CT molecular complexity index is 903. The Balaban J connectivity index is 2.00. The normalized spacial score (nSPS) is 12.1. The van der Waals surface area contributed by atoms with Gasteiger partial charge in [0.2, 0.25) is 15.9 Å². The molecule has 7 nitrogen and oxygen atoms in total. The van der Waals surface area contributed by atoms with E-state index in [-0.39, 0.29) is 13.2 Å². The molecule has 0 heterocycles. The number of para-hydroxylation sites is 1. The Kier molecular flexibility index (Phi) is 7.53. The van der Waals surface area contributed by atoms with Gasteiger partial charge < -0.3 is 14.8 Å². The monoisotopic (exact) mass is 426 g/mol. The van der Waals surface area contributed by atoms with Crippen LogP contribution in [0.5, 0.6) is 11.5 Å². The molecule has 0 unspecified atom stereocenters. The van der Waals surface area contributed by atoms with Gasteiger partial charge in [-0.25, -0.2) is 8.42 Å². The summed E-state index contributed by atoms with van der Waals surface area (Å²) in [5.74, 6) is 0.664. The number of methoxy groups -OCH3 is 1. The Morgan fingerprint density at radius 1 is 1.18 bits per heavy atom. The molecule has 0 aliphatic heterocycles. The fourth-order valence-electron chi connectivity index (χ4n) is 2.58. The predicted molar refractivity (Wildman–Crippen MR) is 110 cm³/mol. The number of rotatable bonds is 9. The van der Waals surface area contributed by atoms with Crippen molar-refractivity contribution in [3.8, 4) is 11.5 Å². The minimum absolute atomic E-state index is 0.198. The number of carbonyl (C=O) groups excluding carboxylic acids is 1. The number of hydrogen-bond acceptors (Lipinski definition) is 5. The van der Waals surface area contributed by atoms with E-state index in [9.17, 15) is 13.2 Å². The van der Waals surface area contributed by atoms with Crippen LogP contribution in [0.25, 0.3) is 0 Å². The molecule has 9 heteroatoms. The zero-order valence-corrected chi connectivity index (χ0v) is 17.5. The quantitative estimate of drug-likeness (QED) is 0.623. The average molecular weight is 427 g/mol. The van der Waals surface area contributed by atoms with Crippen molar-refractivity contribution < 1.29 is 22.7 Å². The molecule has 2 aromatic carbocycles. The van der Waals surface area contributed by atoms with Gasteiger partial charge >= 0.3 is 0 Å². The summed E-state index contributed by atoms with van der Waals surface area (Å²) in [4.78, 5) is 12.5. The van der Waals surface area contributed by atoms with Crippen molar-refractivity contribution in [3.05, 3.63) is 53.6 Å². The summed E-state index contributed by atoms with van der Waals surface area (Å²) >= 11 is 6.00. The molecule has 0 aromatic heterocycles. The minimum Gasteiger partial charge on any atom is -0.497 e. The van der Waals surface area contributed by atoms with E-state index in [4.69, 9.17) is 21.1 Å². The summed E-state index contributed by atoms with van der Waals surface area (Å²) in [7, 11) is -2.16. The van der Waals surface area contributed by atoms with Crippen LogP contribution in [-0.2, 0) is 14.8 Å². The van der Waals surface area contributed by atoms with Crippen LogP contribution in [0.4, 0.5) is 5.69 Å². The second-order valence-electron chi connectivity index (χ2n) is 6.00. The molecule has 1 atom stereocenters. The molecule has 0 saturated heterocycles. The molecule has 0 aliphatic rings. The lowest BCUT2D eigenvalue weighted by Crippen LogP contribution is -2.48. The Hall–Kier alpha value is -2.45. The highest BCUT2D eigenvalue weighted by Gasteiger charge is 2.28. The fraction of sp³-hybridized carbons (Fsp3) is 0.316. The summed E-state index contributed by atoms with van der Waals surface area (Å²) < 4.78 is 36.2. The van der Waals surface area contributed by atoms with Crippen LogP contribution in [0.2, 0.25) is 5.02 Å². The number of benzene rings is 2. The van der Waals surface area contributed by atoms with Crippen LogP contribution in [0.15, 0.2) is 48.5 Å². The summed E-state index contributed by atoms with van der Waals surface area (Å²) in [6, 6.07) is 12.5. The van der Waals surface area contributed by atoms with E-state index in [1.165, 1.54) is 14.0 Å². The molecular formula is C19H23ClN2O5S. The fourth-order valence-corrected chi connectivity index (χ4v) is 3.95. The first-order valence-corrected chi connectivity index (χ1v) is 10.7. The van der Waals surface area contributed by atoms with Crippen LogP contribution in [0.1, 0.15) is 6.92 Å². The number of carbonyl (C=O) groups is 1. The number of hydrogen-bond donors (Lipinski definition) is 1. The van der Waals surface area contributed by atoms with Crippen molar-refractivity contribution >= 4 is 33.2 Å². The Labute approximate surface area is 170 Å². The standard InChI is InChI=1S/C19H23ClN2O5S/c1-14(19(23)21-12-13-27-18-7-5-4-6-17(18)20)22(28(3,24)25)15-8-10-16(26-2)11-9-15/h4-11,14H,12-13H2,1-3H3,(H,21,23)/t14-/m0/s1. The number of ether oxygens (including phenoxy) is 2. The first-order chi connectivity index (χ1) is 13.2. The van der Waals surface area contributed by atoms with Gasteiger partial charge in [-0.2, -0.15) is 0 Å².